The minimum Gasteiger partial charge on any atom is -0.465 e. The number of benzene rings is 2. The number of carbonyl (C=O) groups is 1. The van der Waals surface area contributed by atoms with Crippen LogP contribution in [0.25, 0.3) is 0 Å². The van der Waals surface area contributed by atoms with Gasteiger partial charge in [-0.25, -0.2) is 4.79 Å². The molecule has 0 aromatic heterocycles. The normalized spacial score (nSPS) is 11.5. The Morgan fingerprint density at radius 3 is 2.60 bits per heavy atom. The van der Waals surface area contributed by atoms with Crippen molar-refractivity contribution in [3.63, 3.8) is 0 Å². The van der Waals surface area contributed by atoms with Crippen LogP contribution in [-0.4, -0.2) is 18.2 Å². The van der Waals surface area contributed by atoms with E-state index in [0.717, 1.165) is 12.1 Å². The lowest BCUT2D eigenvalue weighted by molar-refractivity contribution is 0.0601. The van der Waals surface area contributed by atoms with Crippen molar-refractivity contribution in [3.05, 3.63) is 64.7 Å². The summed E-state index contributed by atoms with van der Waals surface area (Å²) in [5.74, 6) is -0.371. The van der Waals surface area contributed by atoms with Gasteiger partial charge in [-0.15, -0.1) is 0 Å². The van der Waals surface area contributed by atoms with Crippen LogP contribution in [0.5, 0.6) is 0 Å². The van der Waals surface area contributed by atoms with Crippen LogP contribution < -0.4 is 10.6 Å². The van der Waals surface area contributed by atoms with Gasteiger partial charge in [0.2, 0.25) is 0 Å². The lowest BCUT2D eigenvalue weighted by atomic mass is 9.98. The van der Waals surface area contributed by atoms with Crippen LogP contribution in [0.1, 0.15) is 46.4 Å². The van der Waals surface area contributed by atoms with Crippen LogP contribution in [-0.2, 0) is 4.74 Å². The summed E-state index contributed by atoms with van der Waals surface area (Å²) in [5.41, 5.74) is 4.96. The van der Waals surface area contributed by atoms with Crippen molar-refractivity contribution in [2.75, 3.05) is 12.4 Å². The van der Waals surface area contributed by atoms with Gasteiger partial charge in [0.1, 0.15) is 0 Å². The third-order valence-corrected chi connectivity index (χ3v) is 4.28. The molecule has 1 atom stereocenters. The molecular formula is C20H24N2O2S. The zero-order valence-corrected chi connectivity index (χ0v) is 15.9. The number of rotatable bonds is 5. The molecule has 0 amide bonds. The molecular weight excluding hydrogens is 332 g/mol. The molecule has 0 aliphatic carbocycles. The highest BCUT2D eigenvalue weighted by molar-refractivity contribution is 7.80. The Morgan fingerprint density at radius 2 is 1.96 bits per heavy atom. The highest BCUT2D eigenvalue weighted by Crippen LogP contribution is 2.22. The second-order valence-corrected chi connectivity index (χ2v) is 6.40. The van der Waals surface area contributed by atoms with Gasteiger partial charge in [0, 0.05) is 5.69 Å². The number of ether oxygens (including phenoxy) is 1. The highest BCUT2D eigenvalue weighted by atomic mass is 32.1. The molecule has 0 saturated carbocycles. The Morgan fingerprint density at radius 1 is 1.20 bits per heavy atom. The van der Waals surface area contributed by atoms with Crippen molar-refractivity contribution in [3.8, 4) is 0 Å². The lowest BCUT2D eigenvalue weighted by Crippen LogP contribution is -2.32. The summed E-state index contributed by atoms with van der Waals surface area (Å²) in [4.78, 5) is 11.6. The first kappa shape index (κ1) is 18.9. The van der Waals surface area contributed by atoms with Gasteiger partial charge in [0.05, 0.1) is 18.7 Å². The van der Waals surface area contributed by atoms with Gasteiger partial charge in [-0.2, -0.15) is 0 Å². The molecule has 2 N–H and O–H groups in total. The molecule has 0 aliphatic rings. The summed E-state index contributed by atoms with van der Waals surface area (Å²) in [5, 5.41) is 7.02. The molecule has 0 saturated heterocycles. The van der Waals surface area contributed by atoms with Crippen LogP contribution in [0.2, 0.25) is 0 Å². The molecule has 0 radical (unpaired) electrons. The summed E-state index contributed by atoms with van der Waals surface area (Å²) in [6.07, 6.45) is 0.911. The fraction of sp³-hybridized carbons (Fsp3) is 0.300. The fourth-order valence-electron chi connectivity index (χ4n) is 2.78. The first-order chi connectivity index (χ1) is 11.9. The van der Waals surface area contributed by atoms with E-state index in [0.29, 0.717) is 10.7 Å². The van der Waals surface area contributed by atoms with Crippen molar-refractivity contribution >= 4 is 29.0 Å². The number of carbonyl (C=O) groups excluding carboxylic acids is 1. The first-order valence-electron chi connectivity index (χ1n) is 8.27. The molecule has 2 aromatic rings. The summed E-state index contributed by atoms with van der Waals surface area (Å²) >= 11 is 5.45. The smallest absolute Gasteiger partial charge is 0.337 e. The van der Waals surface area contributed by atoms with Crippen LogP contribution in [0.15, 0.2) is 42.5 Å². The van der Waals surface area contributed by atoms with E-state index in [-0.39, 0.29) is 12.0 Å². The Balaban J connectivity index is 2.09. The molecule has 0 aliphatic heterocycles. The first-order valence-corrected chi connectivity index (χ1v) is 8.68. The third kappa shape index (κ3) is 5.03. The van der Waals surface area contributed by atoms with Crippen LogP contribution >= 0.6 is 12.2 Å². The number of anilines is 1. The van der Waals surface area contributed by atoms with E-state index >= 15 is 0 Å². The number of esters is 1. The van der Waals surface area contributed by atoms with Crippen molar-refractivity contribution in [1.29, 1.82) is 0 Å². The van der Waals surface area contributed by atoms with Crippen molar-refractivity contribution in [2.24, 2.45) is 0 Å². The zero-order chi connectivity index (χ0) is 18.4. The Hall–Kier alpha value is -2.40. The van der Waals surface area contributed by atoms with Crippen LogP contribution in [0.4, 0.5) is 5.69 Å². The molecule has 0 spiro atoms. The van der Waals surface area contributed by atoms with E-state index < -0.39 is 0 Å². The number of nitrogens with one attached hydrogen (secondary N) is 2. The topological polar surface area (TPSA) is 50.4 Å². The molecule has 0 bridgehead atoms. The lowest BCUT2D eigenvalue weighted by Gasteiger charge is -2.22. The molecule has 4 nitrogen and oxygen atoms in total. The molecule has 5 heteroatoms. The Bertz CT molecular complexity index is 774. The maximum Gasteiger partial charge on any atom is 0.337 e. The van der Waals surface area contributed by atoms with Gasteiger partial charge in [-0.1, -0.05) is 36.8 Å². The third-order valence-electron chi connectivity index (χ3n) is 4.06. The van der Waals surface area contributed by atoms with Gasteiger partial charge in [-0.05, 0) is 61.8 Å². The van der Waals surface area contributed by atoms with Gasteiger partial charge in [0.15, 0.2) is 5.11 Å². The van der Waals surface area contributed by atoms with Gasteiger partial charge < -0.3 is 15.4 Å². The second kappa shape index (κ2) is 8.62. The van der Waals surface area contributed by atoms with Crippen LogP contribution in [0, 0.1) is 13.8 Å². The molecule has 132 valence electrons. The van der Waals surface area contributed by atoms with E-state index in [2.05, 4.69) is 49.6 Å². The number of thiocarbonyl (C=S) groups is 1. The maximum absolute atomic E-state index is 11.6. The van der Waals surface area contributed by atoms with E-state index in [4.69, 9.17) is 17.0 Å². The average Bonchev–Trinajstić information content (AvgIpc) is 2.59. The van der Waals surface area contributed by atoms with Crippen molar-refractivity contribution in [1.82, 2.24) is 5.32 Å². The minimum atomic E-state index is -0.371. The number of hydrogen-bond donors (Lipinski definition) is 2. The Kier molecular flexibility index (Phi) is 6.53. The van der Waals surface area contributed by atoms with Gasteiger partial charge >= 0.3 is 5.97 Å². The molecule has 2 aromatic carbocycles. The van der Waals surface area contributed by atoms with E-state index in [1.807, 2.05) is 6.07 Å². The standard InChI is InChI=1S/C20H24N2O2S/c1-5-18(17-10-9-13(2)11-14(17)3)22-20(25)21-16-8-6-7-15(12-16)19(23)24-4/h6-12,18H,5H2,1-4H3,(H2,21,22,25). The van der Waals surface area contributed by atoms with Crippen LogP contribution in [0.3, 0.4) is 0 Å². The summed E-state index contributed by atoms with van der Waals surface area (Å²) in [7, 11) is 1.37. The minimum absolute atomic E-state index is 0.129. The molecule has 2 rings (SSSR count). The summed E-state index contributed by atoms with van der Waals surface area (Å²) < 4.78 is 4.74. The predicted octanol–water partition coefficient (Wildman–Crippen LogP) is 4.53. The number of methoxy groups -OCH3 is 1. The predicted molar refractivity (Wildman–Crippen MR) is 106 cm³/mol. The van der Waals surface area contributed by atoms with E-state index in [9.17, 15) is 4.79 Å². The molecule has 0 fully saturated rings. The van der Waals surface area contributed by atoms with Gasteiger partial charge in [-0.3, -0.25) is 0 Å². The average molecular weight is 356 g/mol. The van der Waals surface area contributed by atoms with Gasteiger partial charge in [0.25, 0.3) is 0 Å². The van der Waals surface area contributed by atoms with E-state index in [1.54, 1.807) is 18.2 Å². The molecule has 25 heavy (non-hydrogen) atoms. The van der Waals surface area contributed by atoms with Crippen molar-refractivity contribution in [2.45, 2.75) is 33.2 Å². The summed E-state index contributed by atoms with van der Waals surface area (Å²) in [6, 6.07) is 13.6. The Labute approximate surface area is 154 Å². The molecule has 0 heterocycles. The zero-order valence-electron chi connectivity index (χ0n) is 15.1. The quantitative estimate of drug-likeness (QED) is 0.609. The van der Waals surface area contributed by atoms with E-state index in [1.165, 1.54) is 23.8 Å². The molecule has 1 unspecified atom stereocenters. The number of aryl methyl sites for hydroxylation is 2. The highest BCUT2D eigenvalue weighted by Gasteiger charge is 2.13. The summed E-state index contributed by atoms with van der Waals surface area (Å²) in [6.45, 7) is 6.33. The second-order valence-electron chi connectivity index (χ2n) is 5.99. The monoisotopic (exact) mass is 356 g/mol. The largest absolute Gasteiger partial charge is 0.465 e. The SMILES string of the molecule is CCC(NC(=S)Nc1cccc(C(=O)OC)c1)c1ccc(C)cc1C. The number of hydrogen-bond acceptors (Lipinski definition) is 3. The van der Waals surface area contributed by atoms with Crippen molar-refractivity contribution < 1.29 is 9.53 Å². The maximum atomic E-state index is 11.6. The fourth-order valence-corrected chi connectivity index (χ4v) is 3.04.